The minimum Gasteiger partial charge on any atom is -0.496 e. The van der Waals surface area contributed by atoms with Crippen molar-refractivity contribution >= 4 is 22.4 Å². The van der Waals surface area contributed by atoms with Gasteiger partial charge in [0.1, 0.15) is 5.75 Å². The zero-order valence-electron chi connectivity index (χ0n) is 13.5. The predicted octanol–water partition coefficient (Wildman–Crippen LogP) is 0.122. The number of methoxy groups -OCH3 is 2. The zero-order valence-corrected chi connectivity index (χ0v) is 14.4. The van der Waals surface area contributed by atoms with Gasteiger partial charge in [0.15, 0.2) is 0 Å². The van der Waals surface area contributed by atoms with Crippen LogP contribution in [0.5, 0.6) is 5.75 Å². The highest BCUT2D eigenvalue weighted by molar-refractivity contribution is 7.84. The van der Waals surface area contributed by atoms with E-state index in [-0.39, 0.29) is 18.1 Å². The number of carbonyl (C=O) groups excluding carboxylic acids is 1. The molecular formula is C15H23N3O4S. The Hall–Kier alpha value is -1.64. The molecule has 7 nitrogen and oxygen atoms in total. The number of nitrogens with one attached hydrogen (secondary N) is 2. The number of benzene rings is 1. The van der Waals surface area contributed by atoms with Crippen LogP contribution < -0.4 is 21.1 Å². The highest BCUT2D eigenvalue weighted by Gasteiger charge is 2.27. The molecule has 0 bridgehead atoms. The third-order valence-corrected chi connectivity index (χ3v) is 4.90. The third-order valence-electron chi connectivity index (χ3n) is 3.93. The minimum absolute atomic E-state index is 0.0905. The summed E-state index contributed by atoms with van der Waals surface area (Å²) >= 11 is 0. The van der Waals surface area contributed by atoms with Gasteiger partial charge in [-0.05, 0) is 19.0 Å². The molecule has 0 saturated carbocycles. The van der Waals surface area contributed by atoms with E-state index >= 15 is 0 Å². The van der Waals surface area contributed by atoms with Crippen molar-refractivity contribution in [3.05, 3.63) is 17.7 Å². The molecule has 1 aliphatic heterocycles. The summed E-state index contributed by atoms with van der Waals surface area (Å²) in [6.07, 6.45) is 2.20. The molecule has 1 aromatic carbocycles. The molecule has 1 saturated heterocycles. The standard InChI is InChI=1S/C15H23N3O4S/c1-21-12-7-10(16)14(23(3)20)6-9(12)15(19)18-11-4-5-17-8-13(11)22-2/h6-7,11,13,17H,4-5,8,16H2,1-3H3,(H,18,19)/t11-,13+,23?/m0/s1. The fraction of sp³-hybridized carbons (Fsp3) is 0.533. The van der Waals surface area contributed by atoms with Crippen LogP contribution in [0, 0.1) is 0 Å². The van der Waals surface area contributed by atoms with Crippen molar-refractivity contribution < 1.29 is 18.5 Å². The summed E-state index contributed by atoms with van der Waals surface area (Å²) in [5.41, 5.74) is 6.52. The van der Waals surface area contributed by atoms with Crippen LogP contribution in [0.15, 0.2) is 17.0 Å². The van der Waals surface area contributed by atoms with Gasteiger partial charge in [0.25, 0.3) is 5.91 Å². The molecule has 128 valence electrons. The quantitative estimate of drug-likeness (QED) is 0.658. The Bertz CT molecular complexity index is 609. The van der Waals surface area contributed by atoms with Crippen molar-refractivity contribution in [3.8, 4) is 5.75 Å². The van der Waals surface area contributed by atoms with E-state index in [1.807, 2.05) is 0 Å². The Morgan fingerprint density at radius 2 is 2.17 bits per heavy atom. The number of amides is 1. The van der Waals surface area contributed by atoms with Crippen LogP contribution in [0.3, 0.4) is 0 Å². The number of rotatable bonds is 5. The molecule has 23 heavy (non-hydrogen) atoms. The van der Waals surface area contributed by atoms with Gasteiger partial charge in [-0.15, -0.1) is 0 Å². The smallest absolute Gasteiger partial charge is 0.255 e. The second-order valence-corrected chi connectivity index (χ2v) is 6.74. The van der Waals surface area contributed by atoms with Crippen LogP contribution in [0.1, 0.15) is 16.8 Å². The maximum absolute atomic E-state index is 12.6. The van der Waals surface area contributed by atoms with Crippen molar-refractivity contribution in [1.82, 2.24) is 10.6 Å². The first-order chi connectivity index (χ1) is 11.0. The molecule has 1 unspecified atom stereocenters. The van der Waals surface area contributed by atoms with E-state index in [0.29, 0.717) is 28.4 Å². The molecule has 0 radical (unpaired) electrons. The van der Waals surface area contributed by atoms with Gasteiger partial charge in [0.05, 0.1) is 46.2 Å². The number of ether oxygens (including phenoxy) is 2. The molecular weight excluding hydrogens is 318 g/mol. The van der Waals surface area contributed by atoms with E-state index in [9.17, 15) is 9.00 Å². The van der Waals surface area contributed by atoms with Crippen LogP contribution in [0.25, 0.3) is 0 Å². The summed E-state index contributed by atoms with van der Waals surface area (Å²) < 4.78 is 22.4. The molecule has 1 aromatic rings. The van der Waals surface area contributed by atoms with Crippen molar-refractivity contribution in [1.29, 1.82) is 0 Å². The number of nitrogen functional groups attached to an aromatic ring is 1. The summed E-state index contributed by atoms with van der Waals surface area (Å²) in [6, 6.07) is 2.97. The second-order valence-electron chi connectivity index (χ2n) is 5.39. The van der Waals surface area contributed by atoms with Crippen molar-refractivity contribution in [2.45, 2.75) is 23.5 Å². The Kier molecular flexibility index (Phi) is 5.97. The van der Waals surface area contributed by atoms with Gasteiger partial charge in [-0.25, -0.2) is 0 Å². The largest absolute Gasteiger partial charge is 0.496 e. The molecule has 4 N–H and O–H groups in total. The summed E-state index contributed by atoms with van der Waals surface area (Å²) in [5, 5.41) is 6.20. The SMILES string of the molecule is COc1cc(N)c(S(C)=O)cc1C(=O)N[C@H]1CCNC[C@H]1OC. The monoisotopic (exact) mass is 341 g/mol. The van der Waals surface area contributed by atoms with Gasteiger partial charge in [0.2, 0.25) is 0 Å². The van der Waals surface area contributed by atoms with E-state index in [1.165, 1.54) is 25.5 Å². The summed E-state index contributed by atoms with van der Waals surface area (Å²) in [5.74, 6) is 0.0691. The summed E-state index contributed by atoms with van der Waals surface area (Å²) in [6.45, 7) is 1.50. The lowest BCUT2D eigenvalue weighted by Crippen LogP contribution is -2.53. The molecule has 8 heteroatoms. The van der Waals surface area contributed by atoms with Gasteiger partial charge < -0.3 is 25.8 Å². The maximum atomic E-state index is 12.6. The molecule has 1 fully saturated rings. The second kappa shape index (κ2) is 7.76. The predicted molar refractivity (Wildman–Crippen MR) is 89.3 cm³/mol. The van der Waals surface area contributed by atoms with Gasteiger partial charge in [-0.3, -0.25) is 9.00 Å². The Balaban J connectivity index is 2.27. The Morgan fingerprint density at radius 3 is 2.78 bits per heavy atom. The van der Waals surface area contributed by atoms with Crippen molar-refractivity contribution in [2.24, 2.45) is 0 Å². The lowest BCUT2D eigenvalue weighted by Gasteiger charge is -2.31. The van der Waals surface area contributed by atoms with Crippen molar-refractivity contribution in [2.75, 3.05) is 39.3 Å². The number of carbonyl (C=O) groups is 1. The fourth-order valence-electron chi connectivity index (χ4n) is 2.66. The lowest BCUT2D eigenvalue weighted by atomic mass is 10.0. The van der Waals surface area contributed by atoms with Gasteiger partial charge in [-0.1, -0.05) is 0 Å². The third kappa shape index (κ3) is 4.01. The van der Waals surface area contributed by atoms with E-state index < -0.39 is 10.8 Å². The van der Waals surface area contributed by atoms with E-state index in [0.717, 1.165) is 13.0 Å². The highest BCUT2D eigenvalue weighted by atomic mass is 32.2. The van der Waals surface area contributed by atoms with E-state index in [2.05, 4.69) is 10.6 Å². The number of hydrogen-bond donors (Lipinski definition) is 3. The molecule has 0 spiro atoms. The van der Waals surface area contributed by atoms with Crippen molar-refractivity contribution in [3.63, 3.8) is 0 Å². The Labute approximate surface area is 138 Å². The topological polar surface area (TPSA) is 103 Å². The first-order valence-corrected chi connectivity index (χ1v) is 8.89. The van der Waals surface area contributed by atoms with Crippen LogP contribution in [-0.4, -0.2) is 55.8 Å². The first kappa shape index (κ1) is 17.7. The lowest BCUT2D eigenvalue weighted by molar-refractivity contribution is 0.0476. The molecule has 0 aliphatic carbocycles. The number of piperidine rings is 1. The molecule has 1 heterocycles. The van der Waals surface area contributed by atoms with Gasteiger partial charge in [0, 0.05) is 26.0 Å². The normalized spacial score (nSPS) is 22.4. The fourth-order valence-corrected chi connectivity index (χ4v) is 3.33. The average Bonchev–Trinajstić information content (AvgIpc) is 2.54. The van der Waals surface area contributed by atoms with Gasteiger partial charge in [-0.2, -0.15) is 0 Å². The van der Waals surface area contributed by atoms with Crippen LogP contribution in [0.2, 0.25) is 0 Å². The maximum Gasteiger partial charge on any atom is 0.255 e. The van der Waals surface area contributed by atoms with Crippen LogP contribution in [-0.2, 0) is 15.5 Å². The molecule has 3 atom stereocenters. The van der Waals surface area contributed by atoms with Crippen LogP contribution in [0.4, 0.5) is 5.69 Å². The molecule has 1 aliphatic rings. The average molecular weight is 341 g/mol. The Morgan fingerprint density at radius 1 is 1.43 bits per heavy atom. The number of anilines is 1. The van der Waals surface area contributed by atoms with E-state index in [1.54, 1.807) is 7.11 Å². The van der Waals surface area contributed by atoms with E-state index in [4.69, 9.17) is 15.2 Å². The summed E-state index contributed by atoms with van der Waals surface area (Å²) in [7, 11) is 1.80. The number of nitrogens with two attached hydrogens (primary N) is 1. The van der Waals surface area contributed by atoms with Crippen LogP contribution >= 0.6 is 0 Å². The first-order valence-electron chi connectivity index (χ1n) is 7.33. The minimum atomic E-state index is -1.29. The zero-order chi connectivity index (χ0) is 17.0. The van der Waals surface area contributed by atoms with Gasteiger partial charge >= 0.3 is 0 Å². The molecule has 2 rings (SSSR count). The highest BCUT2D eigenvalue weighted by Crippen LogP contribution is 2.27. The molecule has 1 amide bonds. The number of hydrogen-bond acceptors (Lipinski definition) is 6. The molecule has 0 aromatic heterocycles. The summed E-state index contributed by atoms with van der Waals surface area (Å²) in [4.78, 5) is 13.1.